The molecule has 25 heavy (non-hydrogen) atoms. The minimum atomic E-state index is 0.0651. The summed E-state index contributed by atoms with van der Waals surface area (Å²) < 4.78 is 5.36. The van der Waals surface area contributed by atoms with E-state index < -0.39 is 0 Å². The summed E-state index contributed by atoms with van der Waals surface area (Å²) in [4.78, 5) is 5.95. The number of nitriles is 1. The van der Waals surface area contributed by atoms with Gasteiger partial charge in [-0.2, -0.15) is 5.26 Å². The maximum Gasteiger partial charge on any atom is 0.174 e. The van der Waals surface area contributed by atoms with Crippen molar-refractivity contribution in [2.24, 2.45) is 0 Å². The average Bonchev–Trinajstić information content (AvgIpc) is 2.98. The first-order valence-electron chi connectivity index (χ1n) is 8.27. The van der Waals surface area contributed by atoms with Crippen molar-refractivity contribution in [2.45, 2.75) is 12.5 Å². The van der Waals surface area contributed by atoms with Crippen LogP contribution in [-0.4, -0.2) is 30.1 Å². The summed E-state index contributed by atoms with van der Waals surface area (Å²) in [7, 11) is 2.15. The predicted molar refractivity (Wildman–Crippen MR) is 99.0 cm³/mol. The van der Waals surface area contributed by atoms with Gasteiger partial charge in [0.05, 0.1) is 6.04 Å². The highest BCUT2D eigenvalue weighted by Crippen LogP contribution is 2.38. The van der Waals surface area contributed by atoms with Crippen molar-refractivity contribution in [3.05, 3.63) is 64.3 Å². The highest BCUT2D eigenvalue weighted by molar-refractivity contribution is 6.31. The van der Waals surface area contributed by atoms with Crippen molar-refractivity contribution in [1.82, 2.24) is 9.88 Å². The number of ether oxygens (including phenoxy) is 1. The lowest BCUT2D eigenvalue weighted by molar-refractivity contribution is 0.261. The fourth-order valence-electron chi connectivity index (χ4n) is 3.66. The maximum atomic E-state index is 8.62. The molecule has 126 valence electrons. The molecule has 1 atom stereocenters. The molecule has 0 fully saturated rings. The molecule has 5 heteroatoms. The van der Waals surface area contributed by atoms with Gasteiger partial charge >= 0.3 is 0 Å². The number of hydrogen-bond acceptors (Lipinski definition) is 3. The van der Waals surface area contributed by atoms with Crippen molar-refractivity contribution in [1.29, 1.82) is 5.26 Å². The molecule has 0 saturated heterocycles. The van der Waals surface area contributed by atoms with Crippen LogP contribution in [0, 0.1) is 11.3 Å². The Hall–Kier alpha value is -2.48. The Labute approximate surface area is 151 Å². The molecule has 1 aliphatic rings. The molecular weight excluding hydrogens is 334 g/mol. The van der Waals surface area contributed by atoms with Gasteiger partial charge in [0, 0.05) is 28.2 Å². The molecule has 0 aliphatic carbocycles. The molecular formula is C20H18ClN3O. The molecule has 4 nitrogen and oxygen atoms in total. The van der Waals surface area contributed by atoms with Crippen LogP contribution in [0.1, 0.15) is 22.9 Å². The van der Waals surface area contributed by atoms with E-state index in [2.05, 4.69) is 29.1 Å². The third kappa shape index (κ3) is 2.86. The Kier molecular flexibility index (Phi) is 4.12. The molecule has 0 bridgehead atoms. The fourth-order valence-corrected chi connectivity index (χ4v) is 3.84. The molecule has 1 aromatic heterocycles. The van der Waals surface area contributed by atoms with Crippen LogP contribution in [0.15, 0.2) is 42.5 Å². The van der Waals surface area contributed by atoms with Crippen LogP contribution in [0.4, 0.5) is 0 Å². The lowest BCUT2D eigenvalue weighted by Crippen LogP contribution is -2.32. The van der Waals surface area contributed by atoms with E-state index in [-0.39, 0.29) is 12.6 Å². The minimum Gasteiger partial charge on any atom is -0.479 e. The summed E-state index contributed by atoms with van der Waals surface area (Å²) in [6.07, 6.45) is 1.01. The monoisotopic (exact) mass is 351 g/mol. The number of rotatable bonds is 3. The largest absolute Gasteiger partial charge is 0.479 e. The molecule has 0 amide bonds. The minimum absolute atomic E-state index is 0.0651. The molecule has 2 aromatic carbocycles. The Morgan fingerprint density at radius 2 is 2.08 bits per heavy atom. The summed E-state index contributed by atoms with van der Waals surface area (Å²) in [6.45, 7) is 1.05. The normalized spacial score (nSPS) is 17.2. The molecule has 0 saturated carbocycles. The number of nitrogens with zero attached hydrogens (tertiary/aromatic N) is 2. The standard InChI is InChI=1S/C20H18ClN3O/c1-24-10-8-16-17-12-14(21)4-7-18(17)23-19(16)20(24)13-2-5-15(6-3-13)25-11-9-22/h2-7,12,20,23H,8,10-11H2,1H3. The van der Waals surface area contributed by atoms with Gasteiger partial charge in [-0.05, 0) is 54.9 Å². The number of aromatic nitrogens is 1. The lowest BCUT2D eigenvalue weighted by Gasteiger charge is -2.33. The van der Waals surface area contributed by atoms with E-state index >= 15 is 0 Å². The second-order valence-corrected chi connectivity index (χ2v) is 6.79. The number of aromatic amines is 1. The van der Waals surface area contributed by atoms with Crippen LogP contribution >= 0.6 is 11.6 Å². The van der Waals surface area contributed by atoms with Gasteiger partial charge in [-0.1, -0.05) is 23.7 Å². The van der Waals surface area contributed by atoms with Crippen LogP contribution in [0.2, 0.25) is 5.02 Å². The van der Waals surface area contributed by atoms with Gasteiger partial charge < -0.3 is 9.72 Å². The van der Waals surface area contributed by atoms with Crippen molar-refractivity contribution in [2.75, 3.05) is 20.2 Å². The fraction of sp³-hybridized carbons (Fsp3) is 0.250. The lowest BCUT2D eigenvalue weighted by atomic mass is 9.93. The van der Waals surface area contributed by atoms with Gasteiger partial charge in [0.25, 0.3) is 0 Å². The molecule has 2 heterocycles. The smallest absolute Gasteiger partial charge is 0.174 e. The third-order valence-corrected chi connectivity index (χ3v) is 5.06. The molecule has 0 spiro atoms. The quantitative estimate of drug-likeness (QED) is 0.765. The highest BCUT2D eigenvalue weighted by Gasteiger charge is 2.29. The summed E-state index contributed by atoms with van der Waals surface area (Å²) >= 11 is 6.20. The molecule has 1 unspecified atom stereocenters. The van der Waals surface area contributed by atoms with E-state index in [1.54, 1.807) is 0 Å². The second kappa shape index (κ2) is 6.44. The second-order valence-electron chi connectivity index (χ2n) is 6.36. The number of halogens is 1. The molecule has 4 rings (SSSR count). The molecule has 0 radical (unpaired) electrons. The third-order valence-electron chi connectivity index (χ3n) is 4.83. The Morgan fingerprint density at radius 3 is 2.84 bits per heavy atom. The number of benzene rings is 2. The number of fused-ring (bicyclic) bond motifs is 3. The Morgan fingerprint density at radius 1 is 1.28 bits per heavy atom. The van der Waals surface area contributed by atoms with Crippen molar-refractivity contribution >= 4 is 22.5 Å². The van der Waals surface area contributed by atoms with Gasteiger partial charge in [-0.15, -0.1) is 0 Å². The van der Waals surface area contributed by atoms with Crippen LogP contribution in [0.25, 0.3) is 10.9 Å². The number of H-pyrrole nitrogens is 1. The highest BCUT2D eigenvalue weighted by atomic mass is 35.5. The molecule has 1 N–H and O–H groups in total. The number of hydrogen-bond donors (Lipinski definition) is 1. The van der Waals surface area contributed by atoms with Crippen molar-refractivity contribution < 1.29 is 4.74 Å². The van der Waals surface area contributed by atoms with Gasteiger partial charge in [-0.25, -0.2) is 0 Å². The predicted octanol–water partition coefficient (Wildman–Crippen LogP) is 4.30. The topological polar surface area (TPSA) is 52.0 Å². The summed E-state index contributed by atoms with van der Waals surface area (Å²) in [6, 6.07) is 16.2. The average molecular weight is 352 g/mol. The number of nitrogens with one attached hydrogen (secondary N) is 1. The summed E-state index contributed by atoms with van der Waals surface area (Å²) in [5, 5.41) is 10.6. The van der Waals surface area contributed by atoms with Gasteiger partial charge in [0.15, 0.2) is 6.61 Å². The summed E-state index contributed by atoms with van der Waals surface area (Å²) in [5.74, 6) is 0.715. The number of likely N-dealkylation sites (N-methyl/N-ethyl adjacent to an activating group) is 1. The van der Waals surface area contributed by atoms with E-state index in [4.69, 9.17) is 21.6 Å². The first-order valence-corrected chi connectivity index (χ1v) is 8.65. The first-order chi connectivity index (χ1) is 12.2. The van der Waals surface area contributed by atoms with Crippen molar-refractivity contribution in [3.8, 4) is 11.8 Å². The van der Waals surface area contributed by atoms with Crippen molar-refractivity contribution in [3.63, 3.8) is 0 Å². The Bertz CT molecular complexity index is 955. The van der Waals surface area contributed by atoms with Gasteiger partial charge in [0.1, 0.15) is 11.8 Å². The van der Waals surface area contributed by atoms with E-state index in [1.165, 1.54) is 22.2 Å². The van der Waals surface area contributed by atoms with Crippen LogP contribution in [0.3, 0.4) is 0 Å². The van der Waals surface area contributed by atoms with E-state index in [0.717, 1.165) is 23.5 Å². The zero-order valence-corrected chi connectivity index (χ0v) is 14.7. The van der Waals surface area contributed by atoms with Crippen LogP contribution in [-0.2, 0) is 6.42 Å². The molecule has 3 aromatic rings. The molecule has 1 aliphatic heterocycles. The van der Waals surface area contributed by atoms with Gasteiger partial charge in [-0.3, -0.25) is 4.90 Å². The van der Waals surface area contributed by atoms with Crippen LogP contribution in [0.5, 0.6) is 5.75 Å². The van der Waals surface area contributed by atoms with Crippen LogP contribution < -0.4 is 4.74 Å². The van der Waals surface area contributed by atoms with E-state index in [0.29, 0.717) is 5.75 Å². The SMILES string of the molecule is CN1CCc2c([nH]c3ccc(Cl)cc23)C1c1ccc(OCC#N)cc1. The first kappa shape index (κ1) is 16.0. The zero-order valence-electron chi connectivity index (χ0n) is 13.9. The van der Waals surface area contributed by atoms with Gasteiger partial charge in [0.2, 0.25) is 0 Å². The Balaban J connectivity index is 1.75. The summed E-state index contributed by atoms with van der Waals surface area (Å²) in [5.41, 5.74) is 4.91. The maximum absolute atomic E-state index is 8.62. The van der Waals surface area contributed by atoms with E-state index in [1.807, 2.05) is 36.4 Å². The van der Waals surface area contributed by atoms with E-state index in [9.17, 15) is 0 Å². The zero-order chi connectivity index (χ0) is 17.4.